The molecule has 0 aromatic heterocycles. The predicted molar refractivity (Wildman–Crippen MR) is 68.6 cm³/mol. The maximum Gasteiger partial charge on any atom is 0.170 e. The van der Waals surface area contributed by atoms with Gasteiger partial charge in [-0.2, -0.15) is 0 Å². The summed E-state index contributed by atoms with van der Waals surface area (Å²) in [5, 5.41) is 0. The Hall–Kier alpha value is -0.120. The van der Waals surface area contributed by atoms with E-state index in [1.165, 1.54) is 0 Å². The predicted octanol–water partition coefficient (Wildman–Crippen LogP) is 2.75. The molecule has 2 heterocycles. The summed E-state index contributed by atoms with van der Waals surface area (Å²) in [4.78, 5) is 2.37. The van der Waals surface area contributed by atoms with E-state index in [1.54, 1.807) is 0 Å². The van der Waals surface area contributed by atoms with E-state index in [2.05, 4.69) is 18.9 Å². The largest absolute Gasteiger partial charge is 0.347 e. The molecule has 0 saturated carbocycles. The van der Waals surface area contributed by atoms with Crippen molar-refractivity contribution in [2.24, 2.45) is 5.92 Å². The van der Waals surface area contributed by atoms with E-state index < -0.39 is 0 Å². The summed E-state index contributed by atoms with van der Waals surface area (Å²) in [5.41, 5.74) is 0. The van der Waals surface area contributed by atoms with Crippen LogP contribution < -0.4 is 0 Å². The molecule has 98 valence electrons. The molecule has 0 aliphatic carbocycles. The Balaban J connectivity index is 0.000000711. The first-order chi connectivity index (χ1) is 7.20. The molecule has 1 unspecified atom stereocenters. The minimum Gasteiger partial charge on any atom is -0.347 e. The minimum atomic E-state index is -0.232. The number of hydrogen-bond donors (Lipinski definition) is 0. The molecule has 3 nitrogen and oxygen atoms in total. The van der Waals surface area contributed by atoms with Crippen LogP contribution in [-0.4, -0.2) is 44.0 Å². The van der Waals surface area contributed by atoms with Gasteiger partial charge in [-0.3, -0.25) is 0 Å². The lowest BCUT2D eigenvalue weighted by atomic mass is 10.0. The second-order valence-electron chi connectivity index (χ2n) is 4.43. The Kier molecular flexibility index (Phi) is 7.20. The molecule has 2 aliphatic rings. The van der Waals surface area contributed by atoms with Crippen molar-refractivity contribution in [2.75, 3.05) is 33.4 Å². The highest BCUT2D eigenvalue weighted by molar-refractivity contribution is 4.82. The number of likely N-dealkylation sites (tertiary alicyclic amines) is 1. The summed E-state index contributed by atoms with van der Waals surface area (Å²) in [5.74, 6) is 0.440. The van der Waals surface area contributed by atoms with E-state index in [0.29, 0.717) is 5.92 Å². The van der Waals surface area contributed by atoms with Crippen molar-refractivity contribution >= 4 is 0 Å². The Labute approximate surface area is 101 Å². The van der Waals surface area contributed by atoms with Crippen LogP contribution in [0.2, 0.25) is 0 Å². The Bertz CT molecular complexity index is 179. The molecule has 16 heavy (non-hydrogen) atoms. The van der Waals surface area contributed by atoms with Crippen LogP contribution in [0, 0.1) is 5.92 Å². The van der Waals surface area contributed by atoms with Crippen molar-refractivity contribution in [1.82, 2.24) is 4.90 Å². The quantitative estimate of drug-likeness (QED) is 0.640. The van der Waals surface area contributed by atoms with E-state index in [9.17, 15) is 0 Å². The molecular weight excluding hydrogens is 202 g/mol. The second kappa shape index (κ2) is 7.25. The van der Waals surface area contributed by atoms with Crippen LogP contribution in [0.4, 0.5) is 0 Å². The van der Waals surface area contributed by atoms with Crippen LogP contribution in [0.25, 0.3) is 0 Å². The highest BCUT2D eigenvalue weighted by atomic mass is 16.7. The smallest absolute Gasteiger partial charge is 0.170 e. The van der Waals surface area contributed by atoms with Crippen molar-refractivity contribution in [3.05, 3.63) is 0 Å². The fraction of sp³-hybridized carbons (Fsp3) is 1.00. The zero-order valence-electron chi connectivity index (χ0n) is 10.6. The van der Waals surface area contributed by atoms with Crippen molar-refractivity contribution in [2.45, 2.75) is 46.8 Å². The molecule has 1 atom stereocenters. The molecule has 0 radical (unpaired) electrons. The highest BCUT2D eigenvalue weighted by Gasteiger charge is 2.39. The third-order valence-corrected chi connectivity index (χ3v) is 2.97. The minimum absolute atomic E-state index is 0. The molecule has 3 heteroatoms. The Morgan fingerprint density at radius 1 is 1.19 bits per heavy atom. The van der Waals surface area contributed by atoms with Gasteiger partial charge in [0.05, 0.1) is 13.2 Å². The fourth-order valence-corrected chi connectivity index (χ4v) is 2.44. The molecule has 2 aliphatic heterocycles. The van der Waals surface area contributed by atoms with Gasteiger partial charge >= 0.3 is 0 Å². The Morgan fingerprint density at radius 2 is 1.75 bits per heavy atom. The lowest BCUT2D eigenvalue weighted by Gasteiger charge is -2.26. The first-order valence-corrected chi connectivity index (χ1v) is 6.17. The zero-order valence-corrected chi connectivity index (χ0v) is 10.6. The lowest BCUT2D eigenvalue weighted by Crippen LogP contribution is -2.32. The molecule has 1 spiro atoms. The molecule has 0 amide bonds. The van der Waals surface area contributed by atoms with Crippen LogP contribution in [0.15, 0.2) is 0 Å². The zero-order chi connectivity index (χ0) is 11.3. The van der Waals surface area contributed by atoms with Gasteiger partial charge in [0.25, 0.3) is 0 Å². The number of rotatable bonds is 0. The van der Waals surface area contributed by atoms with E-state index in [-0.39, 0.29) is 13.2 Å². The summed E-state index contributed by atoms with van der Waals surface area (Å²) >= 11 is 0. The van der Waals surface area contributed by atoms with Gasteiger partial charge in [0.2, 0.25) is 0 Å². The van der Waals surface area contributed by atoms with Gasteiger partial charge in [-0.25, -0.2) is 0 Å². The van der Waals surface area contributed by atoms with E-state index in [0.717, 1.165) is 39.1 Å². The van der Waals surface area contributed by atoms with Crippen LogP contribution in [0.3, 0.4) is 0 Å². The number of hydrogen-bond acceptors (Lipinski definition) is 3. The number of ether oxygens (including phenoxy) is 2. The summed E-state index contributed by atoms with van der Waals surface area (Å²) in [6.45, 7) is 10.1. The van der Waals surface area contributed by atoms with Crippen LogP contribution in [-0.2, 0) is 9.47 Å². The van der Waals surface area contributed by atoms with Crippen LogP contribution >= 0.6 is 0 Å². The third kappa shape index (κ3) is 4.04. The van der Waals surface area contributed by atoms with Crippen molar-refractivity contribution < 1.29 is 9.47 Å². The van der Waals surface area contributed by atoms with Crippen LogP contribution in [0.5, 0.6) is 0 Å². The molecule has 0 bridgehead atoms. The molecule has 2 saturated heterocycles. The summed E-state index contributed by atoms with van der Waals surface area (Å²) in [6.07, 6.45) is 2.07. The van der Waals surface area contributed by atoms with Gasteiger partial charge in [-0.1, -0.05) is 28.2 Å². The normalized spacial score (nSPS) is 28.9. The molecule has 0 aromatic rings. The van der Waals surface area contributed by atoms with E-state index >= 15 is 0 Å². The lowest BCUT2D eigenvalue weighted by molar-refractivity contribution is -0.168. The van der Waals surface area contributed by atoms with Gasteiger partial charge < -0.3 is 14.4 Å². The van der Waals surface area contributed by atoms with E-state index in [4.69, 9.17) is 9.47 Å². The van der Waals surface area contributed by atoms with Crippen molar-refractivity contribution in [3.63, 3.8) is 0 Å². The average Bonchev–Trinajstić information content (AvgIpc) is 2.61. The van der Waals surface area contributed by atoms with Gasteiger partial charge in [0.1, 0.15) is 0 Å². The molecular formula is C13H29NO2. The average molecular weight is 231 g/mol. The monoisotopic (exact) mass is 231 g/mol. The van der Waals surface area contributed by atoms with Gasteiger partial charge in [-0.15, -0.1) is 0 Å². The van der Waals surface area contributed by atoms with Gasteiger partial charge in [0, 0.05) is 25.9 Å². The molecule has 2 rings (SSSR count). The second-order valence-corrected chi connectivity index (χ2v) is 4.43. The van der Waals surface area contributed by atoms with Crippen molar-refractivity contribution in [1.29, 1.82) is 0 Å². The molecule has 0 aromatic carbocycles. The Morgan fingerprint density at radius 3 is 2.31 bits per heavy atom. The van der Waals surface area contributed by atoms with Gasteiger partial charge in [0.15, 0.2) is 5.79 Å². The summed E-state index contributed by atoms with van der Waals surface area (Å²) in [6, 6.07) is 0. The molecule has 2 fully saturated rings. The highest BCUT2D eigenvalue weighted by Crippen LogP contribution is 2.33. The first-order valence-electron chi connectivity index (χ1n) is 6.17. The van der Waals surface area contributed by atoms with Gasteiger partial charge in [-0.05, 0) is 13.0 Å². The molecule has 0 N–H and O–H groups in total. The maximum absolute atomic E-state index is 5.73. The van der Waals surface area contributed by atoms with Crippen molar-refractivity contribution in [3.8, 4) is 0 Å². The fourth-order valence-electron chi connectivity index (χ4n) is 2.44. The SMILES string of the molecule is C.CC.CC1CN(C)CCC2(C1)OCCO2. The summed E-state index contributed by atoms with van der Waals surface area (Å²) < 4.78 is 11.5. The maximum atomic E-state index is 5.73. The summed E-state index contributed by atoms with van der Waals surface area (Å²) in [7, 11) is 2.17. The third-order valence-electron chi connectivity index (χ3n) is 2.97. The topological polar surface area (TPSA) is 21.7 Å². The first kappa shape index (κ1) is 15.9. The number of nitrogens with zero attached hydrogens (tertiary/aromatic N) is 1. The van der Waals surface area contributed by atoms with Crippen LogP contribution in [0.1, 0.15) is 41.0 Å². The standard InChI is InChI=1S/C10H19NO2.C2H6.CH4/c1-9-7-10(12-5-6-13-10)3-4-11(2)8-9;1-2;/h9H,3-8H2,1-2H3;1-2H3;1H4. The van der Waals surface area contributed by atoms with E-state index in [1.807, 2.05) is 13.8 Å².